The number of halogens is 2. The van der Waals surface area contributed by atoms with E-state index in [2.05, 4.69) is 26.5 Å². The molecule has 0 atom stereocenters. The SMILES string of the molecule is O=C(Cc1ccc(Br)cc1)N/N=C\c1ccccc1OCc1ccc(Cl)cc1. The van der Waals surface area contributed by atoms with Crippen LogP contribution in [0.5, 0.6) is 5.75 Å². The highest BCUT2D eigenvalue weighted by Crippen LogP contribution is 2.18. The number of para-hydroxylation sites is 1. The molecule has 4 nitrogen and oxygen atoms in total. The molecule has 0 aliphatic carbocycles. The van der Waals surface area contributed by atoms with Gasteiger partial charge in [-0.25, -0.2) is 5.43 Å². The predicted octanol–water partition coefficient (Wildman–Crippen LogP) is 5.37. The second-order valence-corrected chi connectivity index (χ2v) is 7.40. The molecule has 0 aliphatic rings. The van der Waals surface area contributed by atoms with Gasteiger partial charge in [0.1, 0.15) is 12.4 Å². The van der Waals surface area contributed by atoms with E-state index in [4.69, 9.17) is 16.3 Å². The summed E-state index contributed by atoms with van der Waals surface area (Å²) in [5, 5.41) is 4.74. The van der Waals surface area contributed by atoms with Crippen molar-refractivity contribution in [3.63, 3.8) is 0 Å². The lowest BCUT2D eigenvalue weighted by atomic mass is 10.1. The minimum atomic E-state index is -0.182. The quantitative estimate of drug-likeness (QED) is 0.383. The molecule has 142 valence electrons. The van der Waals surface area contributed by atoms with Gasteiger partial charge in [0.05, 0.1) is 12.6 Å². The van der Waals surface area contributed by atoms with Crippen LogP contribution in [0.3, 0.4) is 0 Å². The molecule has 0 spiro atoms. The topological polar surface area (TPSA) is 50.7 Å². The van der Waals surface area contributed by atoms with E-state index in [9.17, 15) is 4.79 Å². The molecule has 3 aromatic carbocycles. The Hall–Kier alpha value is -2.63. The Labute approximate surface area is 177 Å². The van der Waals surface area contributed by atoms with E-state index in [1.54, 1.807) is 6.21 Å². The second kappa shape index (κ2) is 10.1. The van der Waals surface area contributed by atoms with E-state index < -0.39 is 0 Å². The first-order valence-corrected chi connectivity index (χ1v) is 9.80. The van der Waals surface area contributed by atoms with Gasteiger partial charge in [0.15, 0.2) is 0 Å². The van der Waals surface area contributed by atoms with Gasteiger partial charge in [0, 0.05) is 15.1 Å². The number of carbonyl (C=O) groups excluding carboxylic acids is 1. The lowest BCUT2D eigenvalue weighted by Crippen LogP contribution is -2.19. The number of hydrogen-bond acceptors (Lipinski definition) is 3. The van der Waals surface area contributed by atoms with Gasteiger partial charge in [-0.1, -0.05) is 63.9 Å². The fraction of sp³-hybridized carbons (Fsp3) is 0.0909. The predicted molar refractivity (Wildman–Crippen MR) is 116 cm³/mol. The lowest BCUT2D eigenvalue weighted by Gasteiger charge is -2.09. The smallest absolute Gasteiger partial charge is 0.244 e. The summed E-state index contributed by atoms with van der Waals surface area (Å²) >= 11 is 9.28. The van der Waals surface area contributed by atoms with Crippen LogP contribution in [-0.2, 0) is 17.8 Å². The number of amides is 1. The van der Waals surface area contributed by atoms with E-state index in [0.29, 0.717) is 17.4 Å². The summed E-state index contributed by atoms with van der Waals surface area (Å²) in [5.74, 6) is 0.501. The summed E-state index contributed by atoms with van der Waals surface area (Å²) in [4.78, 5) is 12.0. The Balaban J connectivity index is 1.56. The van der Waals surface area contributed by atoms with Crippen molar-refractivity contribution >= 4 is 39.7 Å². The highest BCUT2D eigenvalue weighted by Gasteiger charge is 2.04. The minimum Gasteiger partial charge on any atom is -0.488 e. The zero-order valence-corrected chi connectivity index (χ0v) is 17.3. The van der Waals surface area contributed by atoms with Crippen LogP contribution >= 0.6 is 27.5 Å². The van der Waals surface area contributed by atoms with Gasteiger partial charge in [0.25, 0.3) is 0 Å². The number of hydrazone groups is 1. The number of hydrogen-bond donors (Lipinski definition) is 1. The Morgan fingerprint density at radius 1 is 1.00 bits per heavy atom. The molecular formula is C22H18BrClN2O2. The van der Waals surface area contributed by atoms with E-state index in [0.717, 1.165) is 21.2 Å². The maximum atomic E-state index is 12.0. The van der Waals surface area contributed by atoms with Crippen molar-refractivity contribution in [3.05, 3.63) is 99.0 Å². The highest BCUT2D eigenvalue weighted by molar-refractivity contribution is 9.10. The molecule has 1 N–H and O–H groups in total. The third kappa shape index (κ3) is 6.22. The van der Waals surface area contributed by atoms with Crippen molar-refractivity contribution in [1.29, 1.82) is 0 Å². The number of ether oxygens (including phenoxy) is 1. The van der Waals surface area contributed by atoms with Crippen LogP contribution < -0.4 is 10.2 Å². The number of rotatable bonds is 7. The molecule has 6 heteroatoms. The van der Waals surface area contributed by atoms with Crippen LogP contribution in [0.2, 0.25) is 5.02 Å². The van der Waals surface area contributed by atoms with Crippen molar-refractivity contribution in [2.45, 2.75) is 13.0 Å². The van der Waals surface area contributed by atoms with E-state index in [1.165, 1.54) is 0 Å². The van der Waals surface area contributed by atoms with Crippen LogP contribution in [0.1, 0.15) is 16.7 Å². The molecule has 0 heterocycles. The summed E-state index contributed by atoms with van der Waals surface area (Å²) in [7, 11) is 0. The van der Waals surface area contributed by atoms with Gasteiger partial charge < -0.3 is 4.74 Å². The first-order valence-electron chi connectivity index (χ1n) is 8.63. The lowest BCUT2D eigenvalue weighted by molar-refractivity contribution is -0.120. The zero-order valence-electron chi connectivity index (χ0n) is 14.9. The third-order valence-corrected chi connectivity index (χ3v) is 4.68. The van der Waals surface area contributed by atoms with Gasteiger partial charge in [-0.3, -0.25) is 4.79 Å². The van der Waals surface area contributed by atoms with Gasteiger partial charge in [-0.15, -0.1) is 0 Å². The van der Waals surface area contributed by atoms with Crippen molar-refractivity contribution in [1.82, 2.24) is 5.43 Å². The Morgan fingerprint density at radius 2 is 1.68 bits per heavy atom. The summed E-state index contributed by atoms with van der Waals surface area (Å²) < 4.78 is 6.85. The molecule has 0 aromatic heterocycles. The van der Waals surface area contributed by atoms with Crippen LogP contribution in [0.15, 0.2) is 82.4 Å². The average molecular weight is 458 g/mol. The van der Waals surface area contributed by atoms with Crippen molar-refractivity contribution in [2.24, 2.45) is 5.10 Å². The average Bonchev–Trinajstić information content (AvgIpc) is 2.70. The zero-order chi connectivity index (χ0) is 19.8. The van der Waals surface area contributed by atoms with Crippen molar-refractivity contribution in [3.8, 4) is 5.75 Å². The molecule has 0 radical (unpaired) electrons. The standard InChI is InChI=1S/C22H18BrClN2O2/c23-19-9-5-16(6-10-19)13-22(27)26-25-14-18-3-1-2-4-21(18)28-15-17-7-11-20(24)12-8-17/h1-12,14H,13,15H2,(H,26,27)/b25-14-. The fourth-order valence-electron chi connectivity index (χ4n) is 2.46. The van der Waals surface area contributed by atoms with E-state index in [1.807, 2.05) is 72.8 Å². The van der Waals surface area contributed by atoms with Gasteiger partial charge in [0.2, 0.25) is 5.91 Å². The van der Waals surface area contributed by atoms with Crippen LogP contribution in [0.4, 0.5) is 0 Å². The maximum Gasteiger partial charge on any atom is 0.244 e. The maximum absolute atomic E-state index is 12.0. The van der Waals surface area contributed by atoms with Gasteiger partial charge in [-0.2, -0.15) is 5.10 Å². The van der Waals surface area contributed by atoms with Crippen LogP contribution in [0, 0.1) is 0 Å². The monoisotopic (exact) mass is 456 g/mol. The molecule has 0 aliphatic heterocycles. The number of carbonyl (C=O) groups is 1. The highest BCUT2D eigenvalue weighted by atomic mass is 79.9. The van der Waals surface area contributed by atoms with Crippen LogP contribution in [-0.4, -0.2) is 12.1 Å². The molecule has 0 unspecified atom stereocenters. The van der Waals surface area contributed by atoms with Crippen molar-refractivity contribution < 1.29 is 9.53 Å². The van der Waals surface area contributed by atoms with Crippen LogP contribution in [0.25, 0.3) is 0 Å². The summed E-state index contributed by atoms with van der Waals surface area (Å²) in [6.07, 6.45) is 1.84. The normalized spacial score (nSPS) is 10.8. The van der Waals surface area contributed by atoms with E-state index >= 15 is 0 Å². The second-order valence-electron chi connectivity index (χ2n) is 6.05. The first kappa shape index (κ1) is 20.1. The molecule has 1 amide bonds. The van der Waals surface area contributed by atoms with Gasteiger partial charge >= 0.3 is 0 Å². The van der Waals surface area contributed by atoms with Crippen molar-refractivity contribution in [2.75, 3.05) is 0 Å². The Morgan fingerprint density at radius 3 is 2.43 bits per heavy atom. The first-order chi connectivity index (χ1) is 13.6. The Kier molecular flexibility index (Phi) is 7.23. The summed E-state index contributed by atoms with van der Waals surface area (Å²) in [6, 6.07) is 22.6. The molecule has 3 aromatic rings. The molecule has 0 fully saturated rings. The molecule has 0 bridgehead atoms. The third-order valence-electron chi connectivity index (χ3n) is 3.90. The number of nitrogens with zero attached hydrogens (tertiary/aromatic N) is 1. The number of nitrogens with one attached hydrogen (secondary N) is 1. The summed E-state index contributed by atoms with van der Waals surface area (Å²) in [5.41, 5.74) is 5.26. The molecular weight excluding hydrogens is 440 g/mol. The number of benzene rings is 3. The minimum absolute atomic E-state index is 0.182. The summed E-state index contributed by atoms with van der Waals surface area (Å²) in [6.45, 7) is 0.415. The molecule has 0 saturated heterocycles. The van der Waals surface area contributed by atoms with Gasteiger partial charge in [-0.05, 0) is 47.5 Å². The molecule has 3 rings (SSSR count). The molecule has 28 heavy (non-hydrogen) atoms. The largest absolute Gasteiger partial charge is 0.488 e. The van der Waals surface area contributed by atoms with E-state index in [-0.39, 0.29) is 12.3 Å². The molecule has 0 saturated carbocycles. The fourth-order valence-corrected chi connectivity index (χ4v) is 2.85. The Bertz CT molecular complexity index is 957.